The number of amides is 1. The fourth-order valence-corrected chi connectivity index (χ4v) is 3.15. The molecule has 1 unspecified atom stereocenters. The monoisotopic (exact) mass is 496 g/mol. The molecular formula is C21H26FIN4O. The summed E-state index contributed by atoms with van der Waals surface area (Å²) in [5, 5.41) is 9.42. The van der Waals surface area contributed by atoms with Gasteiger partial charge in [-0.05, 0) is 42.7 Å². The van der Waals surface area contributed by atoms with Crippen molar-refractivity contribution >= 4 is 41.5 Å². The molecule has 0 spiro atoms. The predicted molar refractivity (Wildman–Crippen MR) is 122 cm³/mol. The van der Waals surface area contributed by atoms with E-state index in [-0.39, 0.29) is 41.6 Å². The summed E-state index contributed by atoms with van der Waals surface area (Å²) in [7, 11) is 0. The maximum absolute atomic E-state index is 13.7. The molecule has 150 valence electrons. The fourth-order valence-electron chi connectivity index (χ4n) is 3.15. The van der Waals surface area contributed by atoms with Crippen LogP contribution in [-0.4, -0.2) is 25.0 Å². The Balaban J connectivity index is 0.00000280. The summed E-state index contributed by atoms with van der Waals surface area (Å²) >= 11 is 0. The lowest BCUT2D eigenvalue weighted by Gasteiger charge is -2.26. The number of guanidine groups is 1. The number of nitrogens with one attached hydrogen (secondary N) is 3. The number of halogens is 2. The summed E-state index contributed by atoms with van der Waals surface area (Å²) in [6, 6.07) is 13.0. The molecule has 1 aliphatic heterocycles. The van der Waals surface area contributed by atoms with E-state index in [9.17, 15) is 9.18 Å². The lowest BCUT2D eigenvalue weighted by Crippen LogP contribution is -2.40. The SMILES string of the molecule is CCNC(=NCc1ccc(C)c(F)c1)NCC1CC(=O)Nc2ccccc21.I. The van der Waals surface area contributed by atoms with Crippen LogP contribution in [0.1, 0.15) is 36.0 Å². The Bertz CT molecular complexity index is 856. The van der Waals surface area contributed by atoms with Gasteiger partial charge in [-0.1, -0.05) is 30.3 Å². The van der Waals surface area contributed by atoms with Crippen molar-refractivity contribution in [1.82, 2.24) is 10.6 Å². The van der Waals surface area contributed by atoms with Crippen molar-refractivity contribution in [3.05, 3.63) is 65.0 Å². The average molecular weight is 496 g/mol. The molecule has 0 fully saturated rings. The average Bonchev–Trinajstić information content (AvgIpc) is 2.66. The first-order chi connectivity index (χ1) is 13.1. The van der Waals surface area contributed by atoms with E-state index in [1.54, 1.807) is 13.0 Å². The minimum Gasteiger partial charge on any atom is -0.357 e. The van der Waals surface area contributed by atoms with Crippen molar-refractivity contribution in [2.45, 2.75) is 32.7 Å². The van der Waals surface area contributed by atoms with Crippen LogP contribution in [0.5, 0.6) is 0 Å². The molecule has 1 atom stereocenters. The molecule has 0 radical (unpaired) electrons. The molecule has 2 aromatic rings. The van der Waals surface area contributed by atoms with Gasteiger partial charge in [0, 0.05) is 31.1 Å². The highest BCUT2D eigenvalue weighted by atomic mass is 127. The first kappa shape index (κ1) is 22.1. The number of anilines is 1. The van der Waals surface area contributed by atoms with E-state index in [0.717, 1.165) is 23.4 Å². The third-order valence-corrected chi connectivity index (χ3v) is 4.62. The Labute approximate surface area is 182 Å². The van der Waals surface area contributed by atoms with Crippen LogP contribution in [0.25, 0.3) is 0 Å². The summed E-state index contributed by atoms with van der Waals surface area (Å²) in [5.74, 6) is 0.542. The van der Waals surface area contributed by atoms with Crippen molar-refractivity contribution in [1.29, 1.82) is 0 Å². The normalized spacial score (nSPS) is 15.9. The molecule has 3 N–H and O–H groups in total. The summed E-state index contributed by atoms with van der Waals surface area (Å²) in [4.78, 5) is 16.5. The van der Waals surface area contributed by atoms with Crippen molar-refractivity contribution in [2.24, 2.45) is 4.99 Å². The van der Waals surface area contributed by atoms with Crippen LogP contribution < -0.4 is 16.0 Å². The van der Waals surface area contributed by atoms with E-state index < -0.39 is 0 Å². The molecule has 0 aromatic heterocycles. The minimum atomic E-state index is -0.217. The molecule has 28 heavy (non-hydrogen) atoms. The second-order valence-corrected chi connectivity index (χ2v) is 6.70. The Kier molecular flexibility index (Phi) is 8.22. The number of carbonyl (C=O) groups is 1. The molecule has 3 rings (SSSR count). The highest BCUT2D eigenvalue weighted by Gasteiger charge is 2.24. The maximum Gasteiger partial charge on any atom is 0.225 e. The standard InChI is InChI=1S/C21H25FN4O.HI/c1-3-23-21(24-12-15-9-8-14(2)18(22)10-15)25-13-16-11-20(27)26-19-7-5-4-6-17(16)19;/h4-10,16H,3,11-13H2,1-2H3,(H,26,27)(H2,23,24,25);1H. The number of aryl methyl sites for hydroxylation is 1. The zero-order chi connectivity index (χ0) is 19.2. The molecule has 5 nitrogen and oxygen atoms in total. The van der Waals surface area contributed by atoms with Gasteiger partial charge < -0.3 is 16.0 Å². The van der Waals surface area contributed by atoms with Gasteiger partial charge >= 0.3 is 0 Å². The van der Waals surface area contributed by atoms with Gasteiger partial charge in [-0.15, -0.1) is 24.0 Å². The lowest BCUT2D eigenvalue weighted by molar-refractivity contribution is -0.116. The zero-order valence-electron chi connectivity index (χ0n) is 16.1. The third-order valence-electron chi connectivity index (χ3n) is 4.62. The van der Waals surface area contributed by atoms with Crippen LogP contribution in [0.4, 0.5) is 10.1 Å². The molecule has 0 saturated heterocycles. The number of benzene rings is 2. The van der Waals surface area contributed by atoms with Gasteiger partial charge in [0.25, 0.3) is 0 Å². The second kappa shape index (κ2) is 10.4. The van der Waals surface area contributed by atoms with Gasteiger partial charge in [-0.25, -0.2) is 9.38 Å². The Hall–Kier alpha value is -2.16. The van der Waals surface area contributed by atoms with Crippen molar-refractivity contribution < 1.29 is 9.18 Å². The molecule has 7 heteroatoms. The molecule has 1 amide bonds. The molecule has 1 heterocycles. The third kappa shape index (κ3) is 5.67. The van der Waals surface area contributed by atoms with Crippen LogP contribution in [-0.2, 0) is 11.3 Å². The van der Waals surface area contributed by atoms with Gasteiger partial charge in [0.2, 0.25) is 5.91 Å². The maximum atomic E-state index is 13.7. The van der Waals surface area contributed by atoms with E-state index in [4.69, 9.17) is 0 Å². The highest BCUT2D eigenvalue weighted by Crippen LogP contribution is 2.31. The summed E-state index contributed by atoms with van der Waals surface area (Å²) in [6.07, 6.45) is 0.437. The number of nitrogens with zero attached hydrogens (tertiary/aromatic N) is 1. The quantitative estimate of drug-likeness (QED) is 0.334. The van der Waals surface area contributed by atoms with Crippen LogP contribution in [0.15, 0.2) is 47.5 Å². The lowest BCUT2D eigenvalue weighted by atomic mass is 9.90. The van der Waals surface area contributed by atoms with Crippen LogP contribution in [0.3, 0.4) is 0 Å². The highest BCUT2D eigenvalue weighted by molar-refractivity contribution is 14.0. The molecular weight excluding hydrogens is 470 g/mol. The number of carbonyl (C=O) groups excluding carboxylic acids is 1. The smallest absolute Gasteiger partial charge is 0.225 e. The van der Waals surface area contributed by atoms with E-state index in [0.29, 0.717) is 31.0 Å². The molecule has 2 aromatic carbocycles. The van der Waals surface area contributed by atoms with Crippen molar-refractivity contribution in [2.75, 3.05) is 18.4 Å². The van der Waals surface area contributed by atoms with Gasteiger partial charge in [-0.2, -0.15) is 0 Å². The topological polar surface area (TPSA) is 65.5 Å². The largest absolute Gasteiger partial charge is 0.357 e. The predicted octanol–water partition coefficient (Wildman–Crippen LogP) is 3.93. The van der Waals surface area contributed by atoms with Crippen LogP contribution >= 0.6 is 24.0 Å². The van der Waals surface area contributed by atoms with Gasteiger partial charge in [-0.3, -0.25) is 4.79 Å². The van der Waals surface area contributed by atoms with Crippen LogP contribution in [0.2, 0.25) is 0 Å². The molecule has 0 saturated carbocycles. The first-order valence-corrected chi connectivity index (χ1v) is 9.22. The van der Waals surface area contributed by atoms with E-state index in [1.165, 1.54) is 6.07 Å². The second-order valence-electron chi connectivity index (χ2n) is 6.70. The van der Waals surface area contributed by atoms with Crippen molar-refractivity contribution in [3.8, 4) is 0 Å². The fraction of sp³-hybridized carbons (Fsp3) is 0.333. The van der Waals surface area contributed by atoms with Gasteiger partial charge in [0.15, 0.2) is 5.96 Å². The molecule has 0 aliphatic carbocycles. The Morgan fingerprint density at radius 2 is 2.04 bits per heavy atom. The number of rotatable bonds is 5. The van der Waals surface area contributed by atoms with E-state index in [2.05, 4.69) is 20.9 Å². The number of aliphatic imine (C=N–C) groups is 1. The van der Waals surface area contributed by atoms with Gasteiger partial charge in [0.1, 0.15) is 5.82 Å². The van der Waals surface area contributed by atoms with E-state index in [1.807, 2.05) is 37.3 Å². The Morgan fingerprint density at radius 3 is 2.79 bits per heavy atom. The molecule has 1 aliphatic rings. The van der Waals surface area contributed by atoms with Crippen LogP contribution in [0, 0.1) is 12.7 Å². The summed E-state index contributed by atoms with van der Waals surface area (Å²) in [6.45, 7) is 5.43. The summed E-state index contributed by atoms with van der Waals surface area (Å²) < 4.78 is 13.7. The summed E-state index contributed by atoms with van der Waals surface area (Å²) in [5.41, 5.74) is 3.44. The van der Waals surface area contributed by atoms with Crippen molar-refractivity contribution in [3.63, 3.8) is 0 Å². The number of fused-ring (bicyclic) bond motifs is 1. The number of hydrogen-bond donors (Lipinski definition) is 3. The minimum absolute atomic E-state index is 0. The van der Waals surface area contributed by atoms with Gasteiger partial charge in [0.05, 0.1) is 6.54 Å². The van der Waals surface area contributed by atoms with E-state index >= 15 is 0 Å². The first-order valence-electron chi connectivity index (χ1n) is 9.22. The molecule has 0 bridgehead atoms. The number of hydrogen-bond acceptors (Lipinski definition) is 2. The number of para-hydroxylation sites is 1. The zero-order valence-corrected chi connectivity index (χ0v) is 18.4. The Morgan fingerprint density at radius 1 is 1.25 bits per heavy atom.